The van der Waals surface area contributed by atoms with Crippen LogP contribution in [0.25, 0.3) is 0 Å². The summed E-state index contributed by atoms with van der Waals surface area (Å²) in [4.78, 5) is 12.8. The van der Waals surface area contributed by atoms with Gasteiger partial charge < -0.3 is 5.32 Å². The van der Waals surface area contributed by atoms with Gasteiger partial charge in [0.15, 0.2) is 0 Å². The first-order valence-corrected chi connectivity index (χ1v) is 9.90. The number of benzene rings is 2. The fourth-order valence-electron chi connectivity index (χ4n) is 2.62. The number of hydrogen-bond acceptors (Lipinski definition) is 3. The molecule has 0 spiro atoms. The van der Waals surface area contributed by atoms with Crippen LogP contribution in [0.5, 0.6) is 0 Å². The van der Waals surface area contributed by atoms with Gasteiger partial charge in [-0.1, -0.05) is 23.8 Å². The monoisotopic (exact) mass is 374 g/mol. The average molecular weight is 375 g/mol. The third-order valence-electron chi connectivity index (χ3n) is 3.83. The van der Waals surface area contributed by atoms with Gasteiger partial charge in [0.05, 0.1) is 4.90 Å². The number of carbonyl (C=O) groups excluding carboxylic acids is 1. The number of amides is 1. The number of rotatable bonds is 4. The van der Waals surface area contributed by atoms with Gasteiger partial charge in [0.2, 0.25) is 10.0 Å². The van der Waals surface area contributed by atoms with Gasteiger partial charge in [-0.15, -0.1) is 0 Å². The molecular weight excluding hydrogens is 348 g/mol. The first-order valence-electron chi connectivity index (χ1n) is 8.42. The summed E-state index contributed by atoms with van der Waals surface area (Å²) in [7, 11) is -3.71. The molecule has 0 heterocycles. The highest BCUT2D eigenvalue weighted by Gasteiger charge is 2.23. The van der Waals surface area contributed by atoms with Crippen LogP contribution in [0, 0.1) is 20.8 Å². The first kappa shape index (κ1) is 20.1. The molecule has 0 aromatic heterocycles. The molecule has 0 unspecified atom stereocenters. The van der Waals surface area contributed by atoms with E-state index < -0.39 is 15.6 Å². The molecule has 0 aliphatic heterocycles. The van der Waals surface area contributed by atoms with Crippen molar-refractivity contribution in [2.24, 2.45) is 0 Å². The van der Waals surface area contributed by atoms with E-state index in [-0.39, 0.29) is 10.8 Å². The summed E-state index contributed by atoms with van der Waals surface area (Å²) in [6, 6.07) is 10.3. The van der Waals surface area contributed by atoms with E-state index in [2.05, 4.69) is 10.0 Å². The summed E-state index contributed by atoms with van der Waals surface area (Å²) in [5.74, 6) is -0.331. The quantitative estimate of drug-likeness (QED) is 0.851. The Bertz CT molecular complexity index is 942. The maximum absolute atomic E-state index is 12.7. The van der Waals surface area contributed by atoms with Gasteiger partial charge in [0.1, 0.15) is 0 Å². The van der Waals surface area contributed by atoms with E-state index in [9.17, 15) is 13.2 Å². The SMILES string of the molecule is Cc1ccc(NC(=O)c2cc(S(=O)(=O)NC(C)(C)C)ccc2C)c(C)c1. The maximum atomic E-state index is 12.7. The third-order valence-corrected chi connectivity index (χ3v) is 5.59. The van der Waals surface area contributed by atoms with E-state index in [0.717, 1.165) is 11.1 Å². The Balaban J connectivity index is 2.36. The molecule has 5 nitrogen and oxygen atoms in total. The third kappa shape index (κ3) is 4.93. The van der Waals surface area contributed by atoms with Crippen LogP contribution in [-0.2, 0) is 10.0 Å². The van der Waals surface area contributed by atoms with Crippen LogP contribution in [0.15, 0.2) is 41.3 Å². The molecule has 2 N–H and O–H groups in total. The fourth-order valence-corrected chi connectivity index (χ4v) is 4.06. The van der Waals surface area contributed by atoms with Gasteiger partial charge in [-0.3, -0.25) is 4.79 Å². The Labute approximate surface area is 155 Å². The van der Waals surface area contributed by atoms with Crippen molar-refractivity contribution < 1.29 is 13.2 Å². The summed E-state index contributed by atoms with van der Waals surface area (Å²) in [5.41, 5.74) is 3.21. The van der Waals surface area contributed by atoms with Gasteiger partial charge in [0, 0.05) is 16.8 Å². The minimum absolute atomic E-state index is 0.0730. The predicted molar refractivity (Wildman–Crippen MR) is 105 cm³/mol. The number of sulfonamides is 1. The zero-order valence-corrected chi connectivity index (χ0v) is 16.9. The van der Waals surface area contributed by atoms with Crippen molar-refractivity contribution in [2.75, 3.05) is 5.32 Å². The minimum atomic E-state index is -3.71. The summed E-state index contributed by atoms with van der Waals surface area (Å²) < 4.78 is 27.7. The average Bonchev–Trinajstić information content (AvgIpc) is 2.47. The van der Waals surface area contributed by atoms with Gasteiger partial charge in [-0.25, -0.2) is 13.1 Å². The molecule has 1 amide bonds. The molecule has 0 saturated carbocycles. The number of nitrogens with one attached hydrogen (secondary N) is 2. The summed E-state index contributed by atoms with van der Waals surface area (Å²) in [5, 5.41) is 2.87. The molecule has 0 bridgehead atoms. The Morgan fingerprint density at radius 2 is 1.58 bits per heavy atom. The lowest BCUT2D eigenvalue weighted by atomic mass is 10.1. The van der Waals surface area contributed by atoms with Crippen LogP contribution in [0.4, 0.5) is 5.69 Å². The molecule has 0 aliphatic carbocycles. The van der Waals surface area contributed by atoms with Gasteiger partial charge in [0.25, 0.3) is 5.91 Å². The summed E-state index contributed by atoms with van der Waals surface area (Å²) in [6.07, 6.45) is 0. The second-order valence-electron chi connectivity index (χ2n) is 7.60. The zero-order chi connectivity index (χ0) is 19.7. The maximum Gasteiger partial charge on any atom is 0.255 e. The molecule has 2 aromatic rings. The molecule has 2 aromatic carbocycles. The van der Waals surface area contributed by atoms with Crippen molar-refractivity contribution in [1.29, 1.82) is 0 Å². The summed E-state index contributed by atoms with van der Waals surface area (Å²) >= 11 is 0. The van der Waals surface area contributed by atoms with Crippen molar-refractivity contribution in [3.05, 3.63) is 58.7 Å². The molecule has 0 fully saturated rings. The smallest absolute Gasteiger partial charge is 0.255 e. The van der Waals surface area contributed by atoms with E-state index in [1.165, 1.54) is 12.1 Å². The highest BCUT2D eigenvalue weighted by Crippen LogP contribution is 2.21. The van der Waals surface area contributed by atoms with Crippen molar-refractivity contribution >= 4 is 21.6 Å². The normalized spacial score (nSPS) is 12.1. The molecule has 6 heteroatoms. The molecule has 0 atom stereocenters. The van der Waals surface area contributed by atoms with E-state index in [1.54, 1.807) is 33.8 Å². The molecule has 2 rings (SSSR count). The highest BCUT2D eigenvalue weighted by atomic mass is 32.2. The predicted octanol–water partition coefficient (Wildman–Crippen LogP) is 3.94. The number of anilines is 1. The van der Waals surface area contributed by atoms with Crippen molar-refractivity contribution in [2.45, 2.75) is 52.0 Å². The fraction of sp³-hybridized carbons (Fsp3) is 0.350. The van der Waals surface area contributed by atoms with Crippen LogP contribution < -0.4 is 10.0 Å². The van der Waals surface area contributed by atoms with E-state index in [4.69, 9.17) is 0 Å². The Kier molecular flexibility index (Phi) is 5.58. The number of hydrogen-bond donors (Lipinski definition) is 2. The molecule has 0 aliphatic rings. The molecule has 0 saturated heterocycles. The summed E-state index contributed by atoms with van der Waals surface area (Å²) in [6.45, 7) is 11.0. The standard InChI is InChI=1S/C20H26N2O3S/c1-13-7-10-18(15(3)11-13)21-19(23)17-12-16(9-8-14(17)2)26(24,25)22-20(4,5)6/h7-12,22H,1-6H3,(H,21,23). The topological polar surface area (TPSA) is 75.3 Å². The van der Waals surface area contributed by atoms with E-state index in [0.29, 0.717) is 16.8 Å². The highest BCUT2D eigenvalue weighted by molar-refractivity contribution is 7.89. The molecule has 140 valence electrons. The van der Waals surface area contributed by atoms with Gasteiger partial charge in [-0.2, -0.15) is 0 Å². The second-order valence-corrected chi connectivity index (χ2v) is 9.29. The van der Waals surface area contributed by atoms with Crippen LogP contribution in [0.3, 0.4) is 0 Å². The lowest BCUT2D eigenvalue weighted by molar-refractivity contribution is 0.102. The Hall–Kier alpha value is -2.18. The lowest BCUT2D eigenvalue weighted by Crippen LogP contribution is -2.40. The number of carbonyl (C=O) groups is 1. The minimum Gasteiger partial charge on any atom is -0.322 e. The van der Waals surface area contributed by atoms with Crippen LogP contribution in [0.2, 0.25) is 0 Å². The van der Waals surface area contributed by atoms with E-state index in [1.807, 2.05) is 32.0 Å². The molecule has 26 heavy (non-hydrogen) atoms. The number of aryl methyl sites for hydroxylation is 3. The van der Waals surface area contributed by atoms with Crippen LogP contribution in [0.1, 0.15) is 47.8 Å². The largest absolute Gasteiger partial charge is 0.322 e. The second kappa shape index (κ2) is 7.21. The zero-order valence-electron chi connectivity index (χ0n) is 16.1. The Morgan fingerprint density at radius 1 is 0.923 bits per heavy atom. The molecular formula is C20H26N2O3S. The van der Waals surface area contributed by atoms with Crippen molar-refractivity contribution in [3.8, 4) is 0 Å². The first-order chi connectivity index (χ1) is 11.9. The Morgan fingerprint density at radius 3 is 2.15 bits per heavy atom. The van der Waals surface area contributed by atoms with Crippen molar-refractivity contribution in [1.82, 2.24) is 4.72 Å². The molecule has 0 radical (unpaired) electrons. The van der Waals surface area contributed by atoms with Crippen LogP contribution in [-0.4, -0.2) is 19.9 Å². The van der Waals surface area contributed by atoms with Crippen molar-refractivity contribution in [3.63, 3.8) is 0 Å². The van der Waals surface area contributed by atoms with Gasteiger partial charge in [-0.05, 0) is 70.9 Å². The van der Waals surface area contributed by atoms with Gasteiger partial charge >= 0.3 is 0 Å². The van der Waals surface area contributed by atoms with E-state index >= 15 is 0 Å². The lowest BCUT2D eigenvalue weighted by Gasteiger charge is -2.21. The van der Waals surface area contributed by atoms with Crippen LogP contribution >= 0.6 is 0 Å².